The van der Waals surface area contributed by atoms with Gasteiger partial charge < -0.3 is 15.6 Å². The molecule has 5 aromatic rings. The molecule has 0 aromatic heterocycles. The summed E-state index contributed by atoms with van der Waals surface area (Å²) in [6.45, 7) is 0. The highest BCUT2D eigenvalue weighted by atomic mass is 32.2. The Morgan fingerprint density at radius 3 is 2.04 bits per heavy atom. The molecular weight excluding hydrogens is 639 g/mol. The molecule has 0 saturated carbocycles. The molecule has 11 nitrogen and oxygen atoms in total. The Kier molecular flexibility index (Phi) is 7.25. The number of nitrogens with one attached hydrogen (secondary N) is 1. The van der Waals surface area contributed by atoms with Gasteiger partial charge in [0.05, 0.1) is 39.2 Å². The van der Waals surface area contributed by atoms with E-state index in [9.17, 15) is 25.9 Å². The van der Waals surface area contributed by atoms with Crippen LogP contribution in [0, 0.1) is 0 Å². The third-order valence-corrected chi connectivity index (χ3v) is 9.39. The van der Waals surface area contributed by atoms with Gasteiger partial charge in [-0.15, -0.1) is 0 Å². The minimum atomic E-state index is -4.78. The quantitative estimate of drug-likeness (QED) is 0.0685. The molecule has 5 aromatic carbocycles. The van der Waals surface area contributed by atoms with Crippen molar-refractivity contribution in [2.24, 2.45) is 4.99 Å². The number of para-hydroxylation sites is 2. The predicted octanol–water partition coefficient (Wildman–Crippen LogP) is 6.34. The van der Waals surface area contributed by atoms with Crippen molar-refractivity contribution in [1.82, 2.24) is 9.55 Å². The predicted molar refractivity (Wildman–Crippen MR) is 181 cm³/mol. The summed E-state index contributed by atoms with van der Waals surface area (Å²) < 4.78 is 73.0. The molecule has 1 aliphatic heterocycles. The summed E-state index contributed by atoms with van der Waals surface area (Å²) >= 11 is 0. The normalized spacial score (nSPS) is 12.6. The minimum Gasteiger partial charge on any atom is -0.399 e. The molecule has 0 bridgehead atoms. The largest absolute Gasteiger partial charge is 0.399 e. The number of fused-ring (bicyclic) bond motifs is 4. The van der Waals surface area contributed by atoms with Crippen LogP contribution >= 0.6 is 0 Å². The van der Waals surface area contributed by atoms with E-state index in [2.05, 4.69) is 10.3 Å². The van der Waals surface area contributed by atoms with Gasteiger partial charge in [-0.05, 0) is 72.8 Å². The van der Waals surface area contributed by atoms with Crippen LogP contribution in [0.25, 0.3) is 38.9 Å². The van der Waals surface area contributed by atoms with E-state index in [1.165, 1.54) is 24.3 Å². The fourth-order valence-electron chi connectivity index (χ4n) is 5.60. The van der Waals surface area contributed by atoms with E-state index in [1.54, 1.807) is 36.4 Å². The Hall–Kier alpha value is -5.60. The molecular formula is C34H25N5O6S2. The van der Waals surface area contributed by atoms with Gasteiger partial charge in [-0.2, -0.15) is 16.8 Å². The number of anilines is 3. The number of hydrogen-bond donors (Lipinski definition) is 4. The van der Waals surface area contributed by atoms with Crippen molar-refractivity contribution in [2.75, 3.05) is 11.1 Å². The Labute approximate surface area is 269 Å². The number of nitrogens with zero attached hydrogens (tertiary/aromatic N) is 3. The number of nitrogens with two attached hydrogens (primary N) is 1. The molecule has 5 N–H and O–H groups in total. The number of nitrogen functional groups attached to an aromatic ring is 1. The second kappa shape index (κ2) is 11.3. The summed E-state index contributed by atoms with van der Waals surface area (Å²) in [7, 11) is -9.47. The Bertz CT molecular complexity index is 2590. The zero-order valence-electron chi connectivity index (χ0n) is 24.3. The Morgan fingerprint density at radius 2 is 1.38 bits per heavy atom. The highest BCUT2D eigenvalue weighted by Gasteiger charge is 2.25. The van der Waals surface area contributed by atoms with Crippen LogP contribution in [0.15, 0.2) is 136 Å². The Morgan fingerprint density at radius 1 is 0.723 bits per heavy atom. The molecule has 1 heterocycles. The van der Waals surface area contributed by atoms with Crippen LogP contribution in [0.1, 0.15) is 0 Å². The highest BCUT2D eigenvalue weighted by molar-refractivity contribution is 7.86. The van der Waals surface area contributed by atoms with Crippen molar-refractivity contribution >= 4 is 64.8 Å². The number of hydrogen-bond acceptors (Lipinski definition) is 8. The molecule has 0 atom stereocenters. The maximum Gasteiger partial charge on any atom is 0.296 e. The lowest BCUT2D eigenvalue weighted by Crippen LogP contribution is -2.18. The second-order valence-electron chi connectivity index (χ2n) is 10.7. The average molecular weight is 664 g/mol. The van der Waals surface area contributed by atoms with E-state index in [-0.39, 0.29) is 21.3 Å². The lowest BCUT2D eigenvalue weighted by molar-refractivity contribution is 0.480. The van der Waals surface area contributed by atoms with Gasteiger partial charge in [-0.25, -0.2) is 9.98 Å². The summed E-state index contributed by atoms with van der Waals surface area (Å²) in [6.07, 6.45) is 0. The van der Waals surface area contributed by atoms with Crippen LogP contribution in [-0.4, -0.2) is 35.5 Å². The molecule has 0 fully saturated rings. The molecule has 7 rings (SSSR count). The van der Waals surface area contributed by atoms with E-state index in [0.29, 0.717) is 50.6 Å². The lowest BCUT2D eigenvalue weighted by Gasteiger charge is -2.22. The first-order valence-electron chi connectivity index (χ1n) is 14.2. The first-order valence-corrected chi connectivity index (χ1v) is 17.0. The monoisotopic (exact) mass is 663 g/mol. The second-order valence-corrected chi connectivity index (χ2v) is 13.5. The molecule has 234 valence electrons. The average Bonchev–Trinajstić information content (AvgIpc) is 3.04. The van der Waals surface area contributed by atoms with Crippen LogP contribution in [0.3, 0.4) is 0 Å². The summed E-state index contributed by atoms with van der Waals surface area (Å²) in [4.78, 5) is 8.56. The van der Waals surface area contributed by atoms with Crippen LogP contribution < -0.4 is 16.4 Å². The molecule has 0 spiro atoms. The topological polar surface area (TPSA) is 177 Å². The first-order chi connectivity index (χ1) is 22.5. The number of benzene rings is 6. The molecule has 0 radical (unpaired) electrons. The van der Waals surface area contributed by atoms with E-state index in [4.69, 9.17) is 10.7 Å². The fraction of sp³-hybridized carbons (Fsp3) is 0. The summed E-state index contributed by atoms with van der Waals surface area (Å²) in [5.41, 5.74) is 9.90. The molecule has 13 heteroatoms. The van der Waals surface area contributed by atoms with Crippen molar-refractivity contribution in [3.05, 3.63) is 127 Å². The van der Waals surface area contributed by atoms with Gasteiger partial charge in [-0.1, -0.05) is 48.5 Å². The van der Waals surface area contributed by atoms with Gasteiger partial charge in [0.2, 0.25) is 0 Å². The third-order valence-electron chi connectivity index (χ3n) is 7.61. The molecule has 47 heavy (non-hydrogen) atoms. The van der Waals surface area contributed by atoms with Crippen LogP contribution in [0.2, 0.25) is 0 Å². The van der Waals surface area contributed by atoms with Gasteiger partial charge >= 0.3 is 0 Å². The maximum absolute atomic E-state index is 12.7. The van der Waals surface area contributed by atoms with E-state index >= 15 is 0 Å². The van der Waals surface area contributed by atoms with Gasteiger partial charge in [0.15, 0.2) is 0 Å². The zero-order chi connectivity index (χ0) is 32.9. The zero-order valence-corrected chi connectivity index (χ0v) is 25.9. The summed E-state index contributed by atoms with van der Waals surface area (Å²) in [5, 5.41) is 3.81. The summed E-state index contributed by atoms with van der Waals surface area (Å²) in [5.74, 6) is 0. The van der Waals surface area contributed by atoms with Crippen LogP contribution in [-0.2, 0) is 20.2 Å². The van der Waals surface area contributed by atoms with E-state index in [0.717, 1.165) is 0 Å². The molecule has 0 amide bonds. The third kappa shape index (κ3) is 5.68. The van der Waals surface area contributed by atoms with Gasteiger partial charge in [0.25, 0.3) is 20.2 Å². The van der Waals surface area contributed by atoms with E-state index in [1.807, 2.05) is 65.2 Å². The summed E-state index contributed by atoms with van der Waals surface area (Å²) in [6, 6.07) is 33.8. The van der Waals surface area contributed by atoms with Gasteiger partial charge in [0.1, 0.15) is 9.79 Å². The SMILES string of the molecule is Nc1ccc(N=c2cc3n(-c4ccccc4)c4cc(Nc5ccccc5)c5c(S(=O)(=O)O)cccc5c4nc-3cc2S(=O)(=O)O)cc1. The smallest absolute Gasteiger partial charge is 0.296 e. The van der Waals surface area contributed by atoms with Crippen molar-refractivity contribution in [1.29, 1.82) is 0 Å². The highest BCUT2D eigenvalue weighted by Crippen LogP contribution is 2.40. The van der Waals surface area contributed by atoms with Gasteiger partial charge in [0, 0.05) is 27.8 Å². The van der Waals surface area contributed by atoms with Crippen molar-refractivity contribution in [2.45, 2.75) is 9.79 Å². The number of aromatic nitrogens is 2. The van der Waals surface area contributed by atoms with Crippen molar-refractivity contribution in [3.8, 4) is 17.1 Å². The minimum absolute atomic E-state index is 0.0346. The van der Waals surface area contributed by atoms with Gasteiger partial charge in [-0.3, -0.25) is 9.11 Å². The van der Waals surface area contributed by atoms with Crippen LogP contribution in [0.5, 0.6) is 0 Å². The first kappa shape index (κ1) is 30.1. The Balaban J connectivity index is 1.68. The lowest BCUT2D eigenvalue weighted by atomic mass is 10.0. The van der Waals surface area contributed by atoms with Crippen molar-refractivity contribution < 1.29 is 25.9 Å². The molecule has 2 aliphatic rings. The standard InChI is InChI=1S/C34H25N5O6S2/c35-21-14-16-23(17-15-21)36-27-18-29-26(20-32(27)47(43,44)45)38-34-25-12-7-13-31(46(40,41)42)33(25)28(37-22-8-3-1-4-9-22)19-30(34)39(29)24-10-5-2-6-11-24/h1-20,37H,35H2,(H,40,41,42)(H,43,44,45). The molecule has 1 aliphatic carbocycles. The molecule has 0 unspecified atom stereocenters. The molecule has 0 saturated heterocycles. The maximum atomic E-state index is 12.7. The van der Waals surface area contributed by atoms with E-state index < -0.39 is 25.1 Å². The fourth-order valence-corrected chi connectivity index (χ4v) is 6.96. The van der Waals surface area contributed by atoms with Crippen LogP contribution in [0.4, 0.5) is 22.7 Å². The van der Waals surface area contributed by atoms with Crippen molar-refractivity contribution in [3.63, 3.8) is 0 Å². The number of rotatable bonds is 6.